The number of nitrogens with zero attached hydrogens (tertiary/aromatic N) is 2. The van der Waals surface area contributed by atoms with Crippen LogP contribution in [0.1, 0.15) is 36.8 Å². The van der Waals surface area contributed by atoms with Crippen LogP contribution in [-0.2, 0) is 17.6 Å². The second-order valence-electron chi connectivity index (χ2n) is 6.17. The summed E-state index contributed by atoms with van der Waals surface area (Å²) >= 11 is 1.63. The number of hydrogen-bond donors (Lipinski definition) is 2. The third kappa shape index (κ3) is 3.62. The highest BCUT2D eigenvalue weighted by Crippen LogP contribution is 2.29. The van der Waals surface area contributed by atoms with Crippen molar-refractivity contribution in [2.75, 3.05) is 25.0 Å². The molecule has 116 valence electrons. The fourth-order valence-corrected chi connectivity index (χ4v) is 4.23. The van der Waals surface area contributed by atoms with Crippen molar-refractivity contribution in [1.29, 1.82) is 0 Å². The van der Waals surface area contributed by atoms with Crippen molar-refractivity contribution >= 4 is 22.4 Å². The van der Waals surface area contributed by atoms with Crippen LogP contribution in [0.2, 0.25) is 0 Å². The smallest absolute Gasteiger partial charge is 0.240 e. The normalized spacial score (nSPS) is 23.8. The molecular formula is C15H23N3O2S. The molecule has 5 nitrogen and oxygen atoms in total. The van der Waals surface area contributed by atoms with Gasteiger partial charge in [-0.2, -0.15) is 0 Å². The maximum Gasteiger partial charge on any atom is 0.240 e. The molecule has 21 heavy (non-hydrogen) atoms. The van der Waals surface area contributed by atoms with E-state index in [-0.39, 0.29) is 12.0 Å². The van der Waals surface area contributed by atoms with Gasteiger partial charge in [0.2, 0.25) is 5.91 Å². The summed E-state index contributed by atoms with van der Waals surface area (Å²) in [5.41, 5.74) is 1.18. The Morgan fingerprint density at radius 2 is 2.33 bits per heavy atom. The molecule has 6 heteroatoms. The number of fused-ring (bicyclic) bond motifs is 1. The lowest BCUT2D eigenvalue weighted by molar-refractivity contribution is -0.117. The largest absolute Gasteiger partial charge is 0.393 e. The van der Waals surface area contributed by atoms with Crippen LogP contribution in [0.3, 0.4) is 0 Å². The van der Waals surface area contributed by atoms with Gasteiger partial charge in [-0.15, -0.1) is 11.3 Å². The molecule has 2 N–H and O–H groups in total. The van der Waals surface area contributed by atoms with Crippen LogP contribution in [0.15, 0.2) is 0 Å². The van der Waals surface area contributed by atoms with E-state index in [1.165, 1.54) is 23.4 Å². The average molecular weight is 309 g/mol. The van der Waals surface area contributed by atoms with E-state index in [9.17, 15) is 9.90 Å². The van der Waals surface area contributed by atoms with Crippen molar-refractivity contribution in [2.24, 2.45) is 5.92 Å². The summed E-state index contributed by atoms with van der Waals surface area (Å²) in [5.74, 6) is 0.303. The summed E-state index contributed by atoms with van der Waals surface area (Å²) in [4.78, 5) is 20.1. The highest BCUT2D eigenvalue weighted by molar-refractivity contribution is 7.15. The second kappa shape index (κ2) is 6.42. The van der Waals surface area contributed by atoms with Gasteiger partial charge in [0.15, 0.2) is 5.13 Å². The average Bonchev–Trinajstić information content (AvgIpc) is 3.04. The van der Waals surface area contributed by atoms with Gasteiger partial charge in [0, 0.05) is 11.4 Å². The molecule has 0 radical (unpaired) electrons. The fraction of sp³-hybridized carbons (Fsp3) is 0.733. The minimum atomic E-state index is -0.288. The number of aliphatic hydroxyl groups is 1. The molecule has 1 aliphatic carbocycles. The topological polar surface area (TPSA) is 65.5 Å². The highest BCUT2D eigenvalue weighted by Gasteiger charge is 2.27. The molecule has 2 atom stereocenters. The lowest BCUT2D eigenvalue weighted by Gasteiger charge is -2.16. The van der Waals surface area contributed by atoms with Gasteiger partial charge in [0.1, 0.15) is 0 Å². The van der Waals surface area contributed by atoms with Gasteiger partial charge in [-0.05, 0) is 51.5 Å². The summed E-state index contributed by atoms with van der Waals surface area (Å²) < 4.78 is 0. The van der Waals surface area contributed by atoms with E-state index in [0.717, 1.165) is 37.5 Å². The Bertz CT molecular complexity index is 492. The second-order valence-corrected chi connectivity index (χ2v) is 7.25. The van der Waals surface area contributed by atoms with Crippen molar-refractivity contribution in [3.8, 4) is 0 Å². The molecule has 1 aliphatic heterocycles. The molecule has 0 bridgehead atoms. The number of nitrogens with one attached hydrogen (secondary N) is 1. The maximum absolute atomic E-state index is 12.1. The van der Waals surface area contributed by atoms with Crippen molar-refractivity contribution in [3.63, 3.8) is 0 Å². The van der Waals surface area contributed by atoms with E-state index in [2.05, 4.69) is 15.2 Å². The molecule has 0 aromatic carbocycles. The lowest BCUT2D eigenvalue weighted by atomic mass is 10.0. The van der Waals surface area contributed by atoms with Crippen LogP contribution >= 0.6 is 11.3 Å². The Balaban J connectivity index is 1.51. The number of hydrogen-bond acceptors (Lipinski definition) is 5. The summed E-state index contributed by atoms with van der Waals surface area (Å²) in [6.07, 6.45) is 5.27. The van der Waals surface area contributed by atoms with Crippen LogP contribution in [-0.4, -0.2) is 46.6 Å². The van der Waals surface area contributed by atoms with E-state index in [0.29, 0.717) is 12.5 Å². The number of amides is 1. The molecule has 1 amide bonds. The molecule has 2 unspecified atom stereocenters. The first-order chi connectivity index (χ1) is 10.1. The zero-order valence-corrected chi connectivity index (χ0v) is 13.3. The number of aryl methyl sites for hydroxylation is 2. The third-order valence-electron chi connectivity index (χ3n) is 4.45. The number of thiazole rings is 1. The monoisotopic (exact) mass is 309 g/mol. The van der Waals surface area contributed by atoms with Crippen LogP contribution < -0.4 is 5.32 Å². The zero-order valence-electron chi connectivity index (χ0n) is 12.5. The molecule has 2 heterocycles. The summed E-state index contributed by atoms with van der Waals surface area (Å²) in [6, 6.07) is 0. The number of carbonyl (C=O) groups is 1. The Morgan fingerprint density at radius 1 is 1.52 bits per heavy atom. The van der Waals surface area contributed by atoms with Gasteiger partial charge >= 0.3 is 0 Å². The summed E-state index contributed by atoms with van der Waals surface area (Å²) in [7, 11) is 0. The first-order valence-corrected chi connectivity index (χ1v) is 8.62. The Kier molecular flexibility index (Phi) is 4.57. The minimum absolute atomic E-state index is 0.00680. The van der Waals surface area contributed by atoms with Crippen molar-refractivity contribution in [2.45, 2.75) is 45.1 Å². The molecule has 1 fully saturated rings. The molecular weight excluding hydrogens is 286 g/mol. The summed E-state index contributed by atoms with van der Waals surface area (Å²) in [5, 5.41) is 13.3. The van der Waals surface area contributed by atoms with Gasteiger partial charge < -0.3 is 10.4 Å². The SMILES string of the molecule is CC(O)C1CCN(CC(=O)Nc2nc3c(s2)CCCC3)C1. The predicted octanol–water partition coefficient (Wildman–Crippen LogP) is 1.66. The first-order valence-electron chi connectivity index (χ1n) is 7.80. The standard InChI is InChI=1S/C15H23N3O2S/c1-10(19)11-6-7-18(8-11)9-14(20)17-15-16-12-4-2-3-5-13(12)21-15/h10-11,19H,2-9H2,1H3,(H,16,17,20). The van der Waals surface area contributed by atoms with E-state index in [1.54, 1.807) is 11.3 Å². The number of rotatable bonds is 4. The van der Waals surface area contributed by atoms with E-state index < -0.39 is 0 Å². The van der Waals surface area contributed by atoms with Crippen molar-refractivity contribution < 1.29 is 9.90 Å². The van der Waals surface area contributed by atoms with E-state index in [4.69, 9.17) is 0 Å². The van der Waals surface area contributed by atoms with E-state index in [1.807, 2.05) is 6.92 Å². The quantitative estimate of drug-likeness (QED) is 0.888. The maximum atomic E-state index is 12.1. The fourth-order valence-electron chi connectivity index (χ4n) is 3.17. The molecule has 2 aliphatic rings. The van der Waals surface area contributed by atoms with Crippen LogP contribution in [0.5, 0.6) is 0 Å². The number of carbonyl (C=O) groups excluding carboxylic acids is 1. The van der Waals surface area contributed by atoms with Crippen LogP contribution in [0.4, 0.5) is 5.13 Å². The number of anilines is 1. The number of aliphatic hydroxyl groups excluding tert-OH is 1. The molecule has 1 aromatic heterocycles. The van der Waals surface area contributed by atoms with E-state index >= 15 is 0 Å². The molecule has 3 rings (SSSR count). The van der Waals surface area contributed by atoms with Gasteiger partial charge in [0.05, 0.1) is 18.3 Å². The Hall–Kier alpha value is -0.980. The molecule has 0 saturated carbocycles. The Labute approximate surface area is 129 Å². The number of aromatic nitrogens is 1. The number of likely N-dealkylation sites (tertiary alicyclic amines) is 1. The lowest BCUT2D eigenvalue weighted by Crippen LogP contribution is -2.32. The Morgan fingerprint density at radius 3 is 3.05 bits per heavy atom. The van der Waals surface area contributed by atoms with Gasteiger partial charge in [-0.3, -0.25) is 9.69 Å². The van der Waals surface area contributed by atoms with Crippen molar-refractivity contribution in [3.05, 3.63) is 10.6 Å². The van der Waals surface area contributed by atoms with Gasteiger partial charge in [-0.25, -0.2) is 4.98 Å². The highest BCUT2D eigenvalue weighted by atomic mass is 32.1. The third-order valence-corrected chi connectivity index (χ3v) is 5.52. The predicted molar refractivity (Wildman–Crippen MR) is 83.6 cm³/mol. The van der Waals surface area contributed by atoms with Crippen LogP contribution in [0, 0.1) is 5.92 Å². The van der Waals surface area contributed by atoms with Gasteiger partial charge in [0.25, 0.3) is 0 Å². The van der Waals surface area contributed by atoms with Crippen molar-refractivity contribution in [1.82, 2.24) is 9.88 Å². The van der Waals surface area contributed by atoms with Gasteiger partial charge in [-0.1, -0.05) is 0 Å². The van der Waals surface area contributed by atoms with Crippen LogP contribution in [0.25, 0.3) is 0 Å². The zero-order chi connectivity index (χ0) is 14.8. The molecule has 1 saturated heterocycles. The summed E-state index contributed by atoms with van der Waals surface area (Å²) in [6.45, 7) is 3.92. The molecule has 1 aromatic rings. The first kappa shape index (κ1) is 14.9. The minimum Gasteiger partial charge on any atom is -0.393 e. The molecule has 0 spiro atoms.